The fourth-order valence-corrected chi connectivity index (χ4v) is 2.60. The average molecular weight is 312 g/mol. The summed E-state index contributed by atoms with van der Waals surface area (Å²) in [5, 5.41) is -0.0413. The number of alkyl halides is 3. The van der Waals surface area contributed by atoms with Gasteiger partial charge in [0, 0.05) is 11.5 Å². The van der Waals surface area contributed by atoms with Crippen molar-refractivity contribution in [1.29, 1.82) is 0 Å². The Hall–Kier alpha value is -1.98. The summed E-state index contributed by atoms with van der Waals surface area (Å²) < 4.78 is 40.2. The summed E-state index contributed by atoms with van der Waals surface area (Å²) >= 11 is 0. The van der Waals surface area contributed by atoms with Crippen LogP contribution in [0.1, 0.15) is 37.0 Å². The Kier molecular flexibility index (Phi) is 4.22. The quantitative estimate of drug-likeness (QED) is 0.880. The lowest BCUT2D eigenvalue weighted by atomic mass is 9.95. The van der Waals surface area contributed by atoms with Gasteiger partial charge in [0.1, 0.15) is 0 Å². The van der Waals surface area contributed by atoms with Crippen LogP contribution in [-0.4, -0.2) is 4.68 Å². The van der Waals surface area contributed by atoms with Crippen LogP contribution in [-0.2, 0) is 12.6 Å². The Bertz CT molecular complexity index is 761. The molecule has 1 aromatic carbocycles. The Morgan fingerprint density at radius 2 is 1.91 bits per heavy atom. The highest BCUT2D eigenvalue weighted by atomic mass is 19.4. The molecule has 0 radical (unpaired) electrons. The van der Waals surface area contributed by atoms with Gasteiger partial charge in [-0.05, 0) is 36.8 Å². The third kappa shape index (κ3) is 2.96. The normalized spacial score (nSPS) is 12.3. The van der Waals surface area contributed by atoms with Gasteiger partial charge < -0.3 is 5.84 Å². The summed E-state index contributed by atoms with van der Waals surface area (Å²) in [6.45, 7) is 5.87. The topological polar surface area (TPSA) is 48.0 Å². The maximum atomic E-state index is 13.1. The predicted octanol–water partition coefficient (Wildman–Crippen LogP) is 3.63. The first-order valence-corrected chi connectivity index (χ1v) is 7.13. The van der Waals surface area contributed by atoms with Gasteiger partial charge in [0.05, 0.1) is 11.1 Å². The summed E-state index contributed by atoms with van der Waals surface area (Å²) in [5.74, 6) is 6.18. The van der Waals surface area contributed by atoms with Crippen molar-refractivity contribution < 1.29 is 13.2 Å². The van der Waals surface area contributed by atoms with Crippen molar-refractivity contribution in [3.05, 3.63) is 45.2 Å². The summed E-state index contributed by atoms with van der Waals surface area (Å²) in [7, 11) is 0. The minimum absolute atomic E-state index is 0.0413. The van der Waals surface area contributed by atoms with Crippen molar-refractivity contribution in [3.63, 3.8) is 0 Å². The molecule has 0 saturated carbocycles. The highest BCUT2D eigenvalue weighted by Gasteiger charge is 2.34. The van der Waals surface area contributed by atoms with Crippen molar-refractivity contribution in [1.82, 2.24) is 4.68 Å². The molecular formula is C16H19F3N2O. The fraction of sp³-hybridized carbons (Fsp3) is 0.438. The van der Waals surface area contributed by atoms with Crippen LogP contribution >= 0.6 is 0 Å². The number of benzene rings is 1. The second-order valence-electron chi connectivity index (χ2n) is 5.94. The Balaban J connectivity index is 2.74. The zero-order valence-electron chi connectivity index (χ0n) is 12.8. The smallest absolute Gasteiger partial charge is 0.336 e. The monoisotopic (exact) mass is 312 g/mol. The summed E-state index contributed by atoms with van der Waals surface area (Å²) in [6.07, 6.45) is -2.93. The molecular weight excluding hydrogens is 293 g/mol. The molecule has 0 spiro atoms. The third-order valence-electron chi connectivity index (χ3n) is 3.88. The lowest BCUT2D eigenvalue weighted by Crippen LogP contribution is -2.29. The van der Waals surface area contributed by atoms with Crippen molar-refractivity contribution in [2.75, 3.05) is 5.84 Å². The molecule has 120 valence electrons. The average Bonchev–Trinajstić information content (AvgIpc) is 2.40. The highest BCUT2D eigenvalue weighted by molar-refractivity contribution is 5.87. The maximum Gasteiger partial charge on any atom is 0.417 e. The molecule has 22 heavy (non-hydrogen) atoms. The fourth-order valence-electron chi connectivity index (χ4n) is 2.60. The van der Waals surface area contributed by atoms with E-state index in [1.165, 1.54) is 6.07 Å². The summed E-state index contributed by atoms with van der Waals surface area (Å²) in [4.78, 5) is 11.8. The van der Waals surface area contributed by atoms with E-state index in [9.17, 15) is 18.0 Å². The van der Waals surface area contributed by atoms with Gasteiger partial charge in [0.2, 0.25) is 0 Å². The van der Waals surface area contributed by atoms with Gasteiger partial charge in [-0.1, -0.05) is 26.0 Å². The van der Waals surface area contributed by atoms with Crippen LogP contribution in [0.2, 0.25) is 0 Å². The zero-order valence-corrected chi connectivity index (χ0v) is 12.8. The second-order valence-corrected chi connectivity index (χ2v) is 5.94. The summed E-state index contributed by atoms with van der Waals surface area (Å²) in [6, 6.07) is 3.65. The molecule has 2 aromatic rings. The molecule has 0 amide bonds. The molecule has 0 aliphatic rings. The highest BCUT2D eigenvalue weighted by Crippen LogP contribution is 2.35. The standard InChI is InChI=1S/C16H19F3N2O/c1-9(2)4-5-11-6-7-12-13(16(17,18)19)8-14(22)21(20)15(12)10(11)3/h6-9H,4-5,20H2,1-3H3. The number of aryl methyl sites for hydroxylation is 2. The van der Waals surface area contributed by atoms with Gasteiger partial charge in [-0.3, -0.25) is 4.79 Å². The van der Waals surface area contributed by atoms with Gasteiger partial charge in [-0.2, -0.15) is 13.2 Å². The molecule has 0 saturated heterocycles. The summed E-state index contributed by atoms with van der Waals surface area (Å²) in [5.41, 5.74) is -0.0966. The van der Waals surface area contributed by atoms with Gasteiger partial charge in [-0.15, -0.1) is 0 Å². The van der Waals surface area contributed by atoms with E-state index in [1.54, 1.807) is 13.0 Å². The lowest BCUT2D eigenvalue weighted by Gasteiger charge is -2.17. The Morgan fingerprint density at radius 1 is 1.27 bits per heavy atom. The first-order chi connectivity index (χ1) is 10.1. The molecule has 2 N–H and O–H groups in total. The number of hydrogen-bond donors (Lipinski definition) is 1. The van der Waals surface area contributed by atoms with E-state index in [4.69, 9.17) is 5.84 Å². The van der Waals surface area contributed by atoms with Gasteiger partial charge >= 0.3 is 6.18 Å². The number of halogens is 3. The van der Waals surface area contributed by atoms with E-state index in [2.05, 4.69) is 13.8 Å². The van der Waals surface area contributed by atoms with E-state index in [0.717, 1.165) is 23.1 Å². The molecule has 1 heterocycles. The third-order valence-corrected chi connectivity index (χ3v) is 3.88. The minimum atomic E-state index is -4.59. The number of nitrogens with two attached hydrogens (primary N) is 1. The number of fused-ring (bicyclic) bond motifs is 1. The van der Waals surface area contributed by atoms with Crippen LogP contribution in [0.15, 0.2) is 23.0 Å². The van der Waals surface area contributed by atoms with Crippen LogP contribution in [0.3, 0.4) is 0 Å². The second kappa shape index (κ2) is 5.66. The molecule has 0 fully saturated rings. The SMILES string of the molecule is Cc1c(CCC(C)C)ccc2c(C(F)(F)F)cc(=O)n(N)c12. The first-order valence-electron chi connectivity index (χ1n) is 7.13. The van der Waals surface area contributed by atoms with Crippen molar-refractivity contribution in [3.8, 4) is 0 Å². The van der Waals surface area contributed by atoms with Gasteiger partial charge in [0.15, 0.2) is 0 Å². The van der Waals surface area contributed by atoms with E-state index >= 15 is 0 Å². The van der Waals surface area contributed by atoms with Crippen molar-refractivity contribution in [2.24, 2.45) is 5.92 Å². The largest absolute Gasteiger partial charge is 0.417 e. The van der Waals surface area contributed by atoms with E-state index < -0.39 is 17.3 Å². The lowest BCUT2D eigenvalue weighted by molar-refractivity contribution is -0.136. The molecule has 6 heteroatoms. The van der Waals surface area contributed by atoms with Crippen LogP contribution in [0, 0.1) is 12.8 Å². The molecule has 0 bridgehead atoms. The number of aromatic nitrogens is 1. The van der Waals surface area contributed by atoms with Crippen LogP contribution in [0.4, 0.5) is 13.2 Å². The molecule has 2 rings (SSSR count). The predicted molar refractivity (Wildman–Crippen MR) is 81.3 cm³/mol. The zero-order chi connectivity index (χ0) is 16.7. The number of nitrogen functional groups attached to an aromatic ring is 1. The van der Waals surface area contributed by atoms with Crippen molar-refractivity contribution in [2.45, 2.75) is 39.8 Å². The van der Waals surface area contributed by atoms with E-state index in [1.807, 2.05) is 0 Å². The number of rotatable bonds is 3. The van der Waals surface area contributed by atoms with Gasteiger partial charge in [0.25, 0.3) is 5.56 Å². The molecule has 0 aliphatic heterocycles. The number of pyridine rings is 1. The molecule has 1 aromatic heterocycles. The first kappa shape index (κ1) is 16.4. The Labute approximate surface area is 126 Å². The van der Waals surface area contributed by atoms with Crippen LogP contribution in [0.5, 0.6) is 0 Å². The minimum Gasteiger partial charge on any atom is -0.336 e. The maximum absolute atomic E-state index is 13.1. The van der Waals surface area contributed by atoms with E-state index in [0.29, 0.717) is 17.5 Å². The van der Waals surface area contributed by atoms with Crippen LogP contribution in [0.25, 0.3) is 10.9 Å². The van der Waals surface area contributed by atoms with E-state index in [-0.39, 0.29) is 10.9 Å². The van der Waals surface area contributed by atoms with Gasteiger partial charge in [-0.25, -0.2) is 4.68 Å². The van der Waals surface area contributed by atoms with Crippen molar-refractivity contribution >= 4 is 10.9 Å². The molecule has 0 aliphatic carbocycles. The Morgan fingerprint density at radius 3 is 2.45 bits per heavy atom. The number of nitrogens with zero attached hydrogens (tertiary/aromatic N) is 1. The molecule has 0 unspecified atom stereocenters. The molecule has 3 nitrogen and oxygen atoms in total. The molecule has 0 atom stereocenters. The van der Waals surface area contributed by atoms with Crippen LogP contribution < -0.4 is 11.4 Å². The number of hydrogen-bond acceptors (Lipinski definition) is 2.